The van der Waals surface area contributed by atoms with Crippen molar-refractivity contribution in [3.8, 4) is 0 Å². The van der Waals surface area contributed by atoms with Gasteiger partial charge in [-0.05, 0) is 60.7 Å². The first-order valence-corrected chi connectivity index (χ1v) is 15.3. The van der Waals surface area contributed by atoms with Crippen molar-refractivity contribution in [3.05, 3.63) is 179 Å². The highest BCUT2D eigenvalue weighted by Gasteiger charge is 2.34. The molecule has 6 aromatic rings. The lowest BCUT2D eigenvalue weighted by molar-refractivity contribution is 0.0980. The third-order valence-electron chi connectivity index (χ3n) is 8.03. The van der Waals surface area contributed by atoms with E-state index in [2.05, 4.69) is 21.3 Å². The van der Waals surface area contributed by atoms with Gasteiger partial charge in [0.25, 0.3) is 11.8 Å². The van der Waals surface area contributed by atoms with Crippen molar-refractivity contribution in [2.45, 2.75) is 0 Å². The minimum Gasteiger partial charge on any atom is -0.353 e. The smallest absolute Gasteiger partial charge is 0.255 e. The van der Waals surface area contributed by atoms with E-state index in [-0.39, 0.29) is 45.6 Å². The molecule has 0 atom stereocenters. The van der Waals surface area contributed by atoms with Gasteiger partial charge in [-0.1, -0.05) is 84.9 Å². The Morgan fingerprint density at radius 2 is 0.688 bits per heavy atom. The third-order valence-corrected chi connectivity index (χ3v) is 8.03. The Balaban J connectivity index is 1.19. The molecule has 1 aliphatic carbocycles. The number of amides is 2. The second-order valence-electron chi connectivity index (χ2n) is 11.1. The second kappa shape index (κ2) is 12.9. The molecule has 0 heterocycles. The number of fused-ring (bicyclic) bond motifs is 2. The third kappa shape index (κ3) is 5.81. The van der Waals surface area contributed by atoms with Crippen molar-refractivity contribution >= 4 is 57.5 Å². The van der Waals surface area contributed by atoms with Gasteiger partial charge >= 0.3 is 0 Å². The van der Waals surface area contributed by atoms with Gasteiger partial charge in [0.2, 0.25) is 0 Å². The molecule has 0 bridgehead atoms. The van der Waals surface area contributed by atoms with Crippen molar-refractivity contribution in [3.63, 3.8) is 0 Å². The van der Waals surface area contributed by atoms with Gasteiger partial charge in [0, 0.05) is 22.3 Å². The van der Waals surface area contributed by atoms with Crippen LogP contribution in [0, 0.1) is 0 Å². The molecule has 6 aromatic carbocycles. The Kier molecular flexibility index (Phi) is 8.03. The summed E-state index contributed by atoms with van der Waals surface area (Å²) in [6.45, 7) is 0. The largest absolute Gasteiger partial charge is 0.353 e. The molecule has 4 N–H and O–H groups in total. The van der Waals surface area contributed by atoms with Crippen LogP contribution in [0.25, 0.3) is 0 Å². The predicted octanol–water partition coefficient (Wildman–Crippen LogP) is 8.45. The molecule has 8 nitrogen and oxygen atoms in total. The molecule has 0 saturated carbocycles. The highest BCUT2D eigenvalue weighted by molar-refractivity contribution is 6.32. The molecule has 0 radical (unpaired) electrons. The van der Waals surface area contributed by atoms with Crippen molar-refractivity contribution in [1.29, 1.82) is 0 Å². The number of nitrogens with one attached hydrogen (secondary N) is 4. The summed E-state index contributed by atoms with van der Waals surface area (Å²) >= 11 is 0. The van der Waals surface area contributed by atoms with Crippen molar-refractivity contribution in [2.75, 3.05) is 21.3 Å². The number of rotatable bonds is 8. The Morgan fingerprint density at radius 1 is 0.354 bits per heavy atom. The van der Waals surface area contributed by atoms with Crippen LogP contribution in [0.4, 0.5) is 34.1 Å². The molecule has 7 rings (SSSR count). The van der Waals surface area contributed by atoms with E-state index in [1.165, 1.54) is 0 Å². The van der Waals surface area contributed by atoms with Gasteiger partial charge in [-0.2, -0.15) is 0 Å². The normalized spacial score (nSPS) is 11.6. The van der Waals surface area contributed by atoms with Crippen molar-refractivity contribution in [2.24, 2.45) is 0 Å². The standard InChI is InChI=1S/C40H28N4O4/c45-37-28-18-12-24-34(42-30-20-8-10-22-32(30)44-40(48)26-15-5-2-6-16-26)36(28)38(46)27-17-11-23-33(35(27)37)41-29-19-7-9-21-31(29)43-39(47)25-13-3-1-4-14-25/h1-24,41-42H,(H,43,47)(H,44,48). The number of ketones is 2. The minimum atomic E-state index is -0.317. The quantitative estimate of drug-likeness (QED) is 0.134. The fourth-order valence-electron chi connectivity index (χ4n) is 5.71. The van der Waals surface area contributed by atoms with Crippen molar-refractivity contribution < 1.29 is 19.2 Å². The molecule has 8 heteroatoms. The first kappa shape index (κ1) is 29.9. The molecule has 48 heavy (non-hydrogen) atoms. The lowest BCUT2D eigenvalue weighted by Crippen LogP contribution is -2.23. The fraction of sp³-hybridized carbons (Fsp3) is 0. The first-order chi connectivity index (χ1) is 23.5. The molecule has 2 amide bonds. The van der Waals surface area contributed by atoms with E-state index in [1.807, 2.05) is 24.3 Å². The topological polar surface area (TPSA) is 116 Å². The number of para-hydroxylation sites is 4. The zero-order chi connectivity index (χ0) is 33.0. The monoisotopic (exact) mass is 628 g/mol. The summed E-state index contributed by atoms with van der Waals surface area (Å²) in [5.74, 6) is -1.19. The van der Waals surface area contributed by atoms with Gasteiger partial charge in [0.05, 0.1) is 45.3 Å². The van der Waals surface area contributed by atoms with Gasteiger partial charge in [-0.15, -0.1) is 0 Å². The summed E-state index contributed by atoms with van der Waals surface area (Å²) < 4.78 is 0. The maximum atomic E-state index is 14.1. The van der Waals surface area contributed by atoms with Crippen LogP contribution in [0.3, 0.4) is 0 Å². The highest BCUT2D eigenvalue weighted by atomic mass is 16.2. The molecule has 1 aliphatic rings. The summed E-state index contributed by atoms with van der Waals surface area (Å²) in [7, 11) is 0. The van der Waals surface area contributed by atoms with Crippen LogP contribution in [0.5, 0.6) is 0 Å². The Labute approximate surface area is 276 Å². The number of benzene rings is 6. The zero-order valence-corrected chi connectivity index (χ0v) is 25.5. The van der Waals surface area contributed by atoms with Gasteiger partial charge in [-0.25, -0.2) is 0 Å². The van der Waals surface area contributed by atoms with Crippen molar-refractivity contribution in [1.82, 2.24) is 0 Å². The van der Waals surface area contributed by atoms with E-state index in [9.17, 15) is 19.2 Å². The van der Waals surface area contributed by atoms with Crippen LogP contribution in [0.1, 0.15) is 52.6 Å². The number of hydrogen-bond donors (Lipinski definition) is 4. The van der Waals surface area contributed by atoms with Crippen LogP contribution in [-0.2, 0) is 0 Å². The molecular formula is C40H28N4O4. The maximum Gasteiger partial charge on any atom is 0.255 e. The molecule has 0 fully saturated rings. The molecule has 232 valence electrons. The summed E-state index contributed by atoms with van der Waals surface area (Å²) in [5, 5.41) is 12.4. The van der Waals surface area contributed by atoms with E-state index < -0.39 is 0 Å². The number of carbonyl (C=O) groups excluding carboxylic acids is 4. The van der Waals surface area contributed by atoms with Gasteiger partial charge in [0.15, 0.2) is 11.6 Å². The summed E-state index contributed by atoms with van der Waals surface area (Å²) in [4.78, 5) is 54.1. The van der Waals surface area contributed by atoms with E-state index in [0.29, 0.717) is 45.3 Å². The SMILES string of the molecule is O=C(Nc1ccccc1Nc1cccc2c1C(=O)c1cccc(Nc3ccccc3NC(=O)c3ccccc3)c1C2=O)c1ccccc1. The predicted molar refractivity (Wildman–Crippen MR) is 188 cm³/mol. The molecule has 0 aromatic heterocycles. The number of hydrogen-bond acceptors (Lipinski definition) is 6. The summed E-state index contributed by atoms with van der Waals surface area (Å²) in [6.07, 6.45) is 0. The summed E-state index contributed by atoms with van der Waals surface area (Å²) in [6, 6.07) is 42.3. The van der Waals surface area contributed by atoms with Gasteiger partial charge in [0.1, 0.15) is 0 Å². The Bertz CT molecular complexity index is 2060. The second-order valence-corrected chi connectivity index (χ2v) is 11.1. The van der Waals surface area contributed by atoms with Gasteiger partial charge in [-0.3, -0.25) is 19.2 Å². The maximum absolute atomic E-state index is 14.1. The molecule has 0 spiro atoms. The van der Waals surface area contributed by atoms with E-state index in [4.69, 9.17) is 0 Å². The lowest BCUT2D eigenvalue weighted by atomic mass is 9.82. The average Bonchev–Trinajstić information content (AvgIpc) is 3.13. The molecule has 0 aliphatic heterocycles. The Hall–Kier alpha value is -6.80. The highest BCUT2D eigenvalue weighted by Crippen LogP contribution is 2.39. The first-order valence-electron chi connectivity index (χ1n) is 15.3. The average molecular weight is 629 g/mol. The van der Waals surface area contributed by atoms with Crippen LogP contribution >= 0.6 is 0 Å². The van der Waals surface area contributed by atoms with E-state index in [0.717, 1.165) is 0 Å². The molecule has 0 saturated heterocycles. The van der Waals surface area contributed by atoms with E-state index in [1.54, 1.807) is 121 Å². The van der Waals surface area contributed by atoms with E-state index >= 15 is 0 Å². The zero-order valence-electron chi connectivity index (χ0n) is 25.5. The fourth-order valence-corrected chi connectivity index (χ4v) is 5.71. The van der Waals surface area contributed by atoms with Gasteiger partial charge < -0.3 is 21.3 Å². The number of carbonyl (C=O) groups is 4. The molecule has 0 unspecified atom stereocenters. The van der Waals surface area contributed by atoms with Crippen LogP contribution in [0.15, 0.2) is 146 Å². The molecular weight excluding hydrogens is 600 g/mol. The lowest BCUT2D eigenvalue weighted by Gasteiger charge is -2.24. The summed E-state index contributed by atoms with van der Waals surface area (Å²) in [5.41, 5.74) is 5.03. The van der Waals surface area contributed by atoms with Crippen LogP contribution in [0.2, 0.25) is 0 Å². The van der Waals surface area contributed by atoms with Crippen LogP contribution in [-0.4, -0.2) is 23.4 Å². The Morgan fingerprint density at radius 3 is 1.08 bits per heavy atom. The van der Waals surface area contributed by atoms with Crippen LogP contribution < -0.4 is 21.3 Å². The minimum absolute atomic E-state index is 0.242. The number of anilines is 6.